The Kier molecular flexibility index (Phi) is 4.54. The van der Waals surface area contributed by atoms with E-state index in [-0.39, 0.29) is 25.4 Å². The van der Waals surface area contributed by atoms with Gasteiger partial charge in [0.15, 0.2) is 0 Å². The first-order chi connectivity index (χ1) is 4.30. The molecule has 1 aliphatic carbocycles. The van der Waals surface area contributed by atoms with Crippen LogP contribution in [0.2, 0.25) is 0 Å². The molecule has 0 amide bonds. The Morgan fingerprint density at radius 3 is 2.60 bits per heavy atom. The van der Waals surface area contributed by atoms with Gasteiger partial charge in [0.05, 0.1) is 5.92 Å². The van der Waals surface area contributed by atoms with Crippen molar-refractivity contribution in [1.82, 2.24) is 0 Å². The molecule has 0 bridgehead atoms. The van der Waals surface area contributed by atoms with E-state index >= 15 is 0 Å². The van der Waals surface area contributed by atoms with Crippen LogP contribution in [0.15, 0.2) is 12.2 Å². The predicted molar refractivity (Wildman–Crippen MR) is 34.1 cm³/mol. The number of carboxylic acid groups (broad SMARTS) is 1. The number of carboxylic acids is 1. The van der Waals surface area contributed by atoms with Crippen molar-refractivity contribution in [1.29, 1.82) is 0 Å². The molecule has 0 saturated heterocycles. The van der Waals surface area contributed by atoms with Crippen molar-refractivity contribution >= 4 is 5.97 Å². The zero-order chi connectivity index (χ0) is 6.69. The summed E-state index contributed by atoms with van der Waals surface area (Å²) in [5, 5.41) is 8.49. The van der Waals surface area contributed by atoms with E-state index < -0.39 is 5.97 Å². The van der Waals surface area contributed by atoms with Crippen LogP contribution in [-0.2, 0) is 24.3 Å². The van der Waals surface area contributed by atoms with E-state index in [0.29, 0.717) is 0 Å². The molecule has 1 atom stereocenters. The third-order valence-electron chi connectivity index (χ3n) is 1.57. The van der Waals surface area contributed by atoms with Gasteiger partial charge in [-0.25, -0.2) is 0 Å². The minimum atomic E-state index is -0.689. The van der Waals surface area contributed by atoms with Crippen molar-refractivity contribution in [3.05, 3.63) is 12.2 Å². The fourth-order valence-corrected chi connectivity index (χ4v) is 1.02. The smallest absolute Gasteiger partial charge is 0.310 e. The Morgan fingerprint density at radius 2 is 2.30 bits per heavy atom. The molecule has 1 aliphatic rings. The second-order valence-corrected chi connectivity index (χ2v) is 2.30. The van der Waals surface area contributed by atoms with Crippen molar-refractivity contribution in [3.8, 4) is 0 Å². The number of allylic oxidation sites excluding steroid dienone is 1. The molecule has 0 aromatic rings. The second kappa shape index (κ2) is 4.62. The van der Waals surface area contributed by atoms with E-state index in [1.807, 2.05) is 6.08 Å². The molecule has 0 aromatic carbocycles. The van der Waals surface area contributed by atoms with Gasteiger partial charge in [-0.2, -0.15) is 0 Å². The van der Waals surface area contributed by atoms with Crippen LogP contribution in [0, 0.1) is 5.92 Å². The molecule has 0 heterocycles. The molecule has 2 nitrogen and oxygen atoms in total. The van der Waals surface area contributed by atoms with Gasteiger partial charge in [-0.3, -0.25) is 4.79 Å². The van der Waals surface area contributed by atoms with Crippen LogP contribution in [0.1, 0.15) is 19.3 Å². The van der Waals surface area contributed by atoms with Gasteiger partial charge >= 0.3 is 5.97 Å². The first-order valence-corrected chi connectivity index (χ1v) is 3.20. The molecular formula is C7H10O2Zn. The molecule has 1 rings (SSSR count). The average molecular weight is 192 g/mol. The fourth-order valence-electron chi connectivity index (χ4n) is 1.02. The number of rotatable bonds is 1. The quantitative estimate of drug-likeness (QED) is 0.503. The molecule has 1 N–H and O–H groups in total. The largest absolute Gasteiger partial charge is 0.481 e. The summed E-state index contributed by atoms with van der Waals surface area (Å²) in [7, 11) is 0. The zero-order valence-electron chi connectivity index (χ0n) is 5.92. The first kappa shape index (κ1) is 9.83. The Balaban J connectivity index is 0.000000810. The second-order valence-electron chi connectivity index (χ2n) is 2.30. The maximum atomic E-state index is 10.3. The van der Waals surface area contributed by atoms with Crippen LogP contribution in [0.3, 0.4) is 0 Å². The Bertz CT molecular complexity index is 143. The van der Waals surface area contributed by atoms with E-state index in [4.69, 9.17) is 5.11 Å². The van der Waals surface area contributed by atoms with E-state index in [9.17, 15) is 4.79 Å². The average Bonchev–Trinajstić information content (AvgIpc) is 1.90. The van der Waals surface area contributed by atoms with Crippen molar-refractivity contribution < 1.29 is 29.4 Å². The zero-order valence-corrected chi connectivity index (χ0v) is 8.88. The Labute approximate surface area is 73.1 Å². The third-order valence-corrected chi connectivity index (χ3v) is 1.57. The van der Waals surface area contributed by atoms with Gasteiger partial charge in [-0.15, -0.1) is 0 Å². The molecule has 0 spiro atoms. The van der Waals surface area contributed by atoms with Crippen molar-refractivity contribution in [3.63, 3.8) is 0 Å². The number of aliphatic carboxylic acids is 1. The van der Waals surface area contributed by atoms with Gasteiger partial charge in [0, 0.05) is 19.5 Å². The van der Waals surface area contributed by atoms with Gasteiger partial charge in [0.1, 0.15) is 0 Å². The molecule has 0 radical (unpaired) electrons. The van der Waals surface area contributed by atoms with Gasteiger partial charge in [0.25, 0.3) is 0 Å². The van der Waals surface area contributed by atoms with Gasteiger partial charge in [-0.05, 0) is 19.3 Å². The monoisotopic (exact) mass is 190 g/mol. The minimum absolute atomic E-state index is 0. The van der Waals surface area contributed by atoms with E-state index in [1.54, 1.807) is 6.08 Å². The molecule has 52 valence electrons. The van der Waals surface area contributed by atoms with Crippen LogP contribution < -0.4 is 0 Å². The summed E-state index contributed by atoms with van der Waals surface area (Å²) in [5.41, 5.74) is 0. The van der Waals surface area contributed by atoms with Gasteiger partial charge in [0.2, 0.25) is 0 Å². The Morgan fingerprint density at radius 1 is 1.60 bits per heavy atom. The molecule has 0 fully saturated rings. The van der Waals surface area contributed by atoms with Gasteiger partial charge in [-0.1, -0.05) is 12.2 Å². The minimum Gasteiger partial charge on any atom is -0.481 e. The van der Waals surface area contributed by atoms with Crippen LogP contribution in [0.4, 0.5) is 0 Å². The summed E-state index contributed by atoms with van der Waals surface area (Å²) in [5.74, 6) is -0.898. The summed E-state index contributed by atoms with van der Waals surface area (Å²) in [6, 6.07) is 0. The molecule has 0 saturated carbocycles. The number of carbonyl (C=O) groups is 1. The SMILES string of the molecule is O=C(O)C1C=CCCC1.[Zn]. The first-order valence-electron chi connectivity index (χ1n) is 3.20. The molecule has 0 aromatic heterocycles. The molecule has 3 heteroatoms. The van der Waals surface area contributed by atoms with Gasteiger partial charge < -0.3 is 5.11 Å². The Hall–Kier alpha value is -0.167. The summed E-state index contributed by atoms with van der Waals surface area (Å²) in [6.45, 7) is 0. The van der Waals surface area contributed by atoms with Crippen LogP contribution >= 0.6 is 0 Å². The van der Waals surface area contributed by atoms with Crippen molar-refractivity contribution in [2.24, 2.45) is 5.92 Å². The number of hydrogen-bond acceptors (Lipinski definition) is 1. The van der Waals surface area contributed by atoms with E-state index in [1.165, 1.54) is 0 Å². The molecule has 0 aliphatic heterocycles. The topological polar surface area (TPSA) is 37.3 Å². The predicted octanol–water partition coefficient (Wildman–Crippen LogP) is 1.42. The standard InChI is InChI=1S/C7H10O2.Zn/c8-7(9)6-4-2-1-3-5-6;/h2,4,6H,1,3,5H2,(H,8,9);. The summed E-state index contributed by atoms with van der Waals surface area (Å²) in [4.78, 5) is 10.3. The van der Waals surface area contributed by atoms with E-state index in [2.05, 4.69) is 0 Å². The molecular weight excluding hydrogens is 181 g/mol. The fraction of sp³-hybridized carbons (Fsp3) is 0.571. The summed E-state index contributed by atoms with van der Waals surface area (Å²) < 4.78 is 0. The van der Waals surface area contributed by atoms with Crippen molar-refractivity contribution in [2.45, 2.75) is 19.3 Å². The maximum absolute atomic E-state index is 10.3. The third kappa shape index (κ3) is 2.61. The number of hydrogen-bond donors (Lipinski definition) is 1. The maximum Gasteiger partial charge on any atom is 0.310 e. The normalized spacial score (nSPS) is 23.4. The summed E-state index contributed by atoms with van der Waals surface area (Å²) in [6.07, 6.45) is 6.61. The van der Waals surface area contributed by atoms with Crippen LogP contribution in [-0.4, -0.2) is 11.1 Å². The summed E-state index contributed by atoms with van der Waals surface area (Å²) >= 11 is 0. The van der Waals surface area contributed by atoms with Crippen molar-refractivity contribution in [2.75, 3.05) is 0 Å². The van der Waals surface area contributed by atoms with Crippen LogP contribution in [0.5, 0.6) is 0 Å². The van der Waals surface area contributed by atoms with Crippen LogP contribution in [0.25, 0.3) is 0 Å². The molecule has 10 heavy (non-hydrogen) atoms. The van der Waals surface area contributed by atoms with E-state index in [0.717, 1.165) is 19.3 Å². The molecule has 1 unspecified atom stereocenters.